The first-order chi connectivity index (χ1) is 9.13. The second-order valence-electron chi connectivity index (χ2n) is 4.85. The van der Waals surface area contributed by atoms with Crippen molar-refractivity contribution in [1.29, 1.82) is 0 Å². The molecular weight excluding hydrogens is 302 g/mol. The predicted octanol–water partition coefficient (Wildman–Crippen LogP) is 2.78. The molecule has 0 radical (unpaired) electrons. The first-order valence-electron chi connectivity index (χ1n) is 6.56. The van der Waals surface area contributed by atoms with Crippen LogP contribution in [0.4, 0.5) is 4.39 Å². The highest BCUT2D eigenvalue weighted by Gasteiger charge is 2.26. The van der Waals surface area contributed by atoms with Crippen LogP contribution in [0.5, 0.6) is 0 Å². The van der Waals surface area contributed by atoms with Crippen molar-refractivity contribution in [1.82, 2.24) is 4.90 Å². The molecule has 0 aromatic heterocycles. The number of nitrogens with zero attached hydrogens (tertiary/aromatic N) is 1. The average Bonchev–Trinajstić information content (AvgIpc) is 2.42. The molecule has 20 heavy (non-hydrogen) atoms. The molecule has 1 aromatic rings. The zero-order valence-corrected chi connectivity index (χ0v) is 12.7. The van der Waals surface area contributed by atoms with Crippen LogP contribution in [0.3, 0.4) is 0 Å². The number of halogens is 3. The normalized spacial score (nSPS) is 18.6. The number of amides is 1. The molecule has 3 nitrogen and oxygen atoms in total. The number of hydrogen-bond donors (Lipinski definition) is 1. The third kappa shape index (κ3) is 3.84. The van der Waals surface area contributed by atoms with E-state index >= 15 is 0 Å². The van der Waals surface area contributed by atoms with Crippen molar-refractivity contribution in [2.24, 2.45) is 5.73 Å². The summed E-state index contributed by atoms with van der Waals surface area (Å²) >= 11 is 5.95. The lowest BCUT2D eigenvalue weighted by atomic mass is 10.0. The predicted molar refractivity (Wildman–Crippen MR) is 80.8 cm³/mol. The summed E-state index contributed by atoms with van der Waals surface area (Å²) in [5.41, 5.74) is 5.96. The van der Waals surface area contributed by atoms with Crippen molar-refractivity contribution in [2.45, 2.75) is 31.7 Å². The minimum absolute atomic E-state index is 0. The second kappa shape index (κ2) is 7.81. The molecule has 1 amide bonds. The van der Waals surface area contributed by atoms with Gasteiger partial charge in [-0.05, 0) is 31.4 Å². The minimum Gasteiger partial charge on any atom is -0.338 e. The van der Waals surface area contributed by atoms with Gasteiger partial charge in [-0.1, -0.05) is 17.7 Å². The molecule has 1 aliphatic heterocycles. The lowest BCUT2D eigenvalue weighted by Crippen LogP contribution is -2.48. The fourth-order valence-electron chi connectivity index (χ4n) is 2.53. The third-order valence-corrected chi connectivity index (χ3v) is 3.96. The summed E-state index contributed by atoms with van der Waals surface area (Å²) < 4.78 is 13.7. The molecule has 0 saturated carbocycles. The Morgan fingerprint density at radius 2 is 2.20 bits per heavy atom. The Kier molecular flexibility index (Phi) is 6.72. The maximum Gasteiger partial charge on any atom is 0.227 e. The Balaban J connectivity index is 0.00000200. The Bertz CT molecular complexity index is 450. The van der Waals surface area contributed by atoms with Crippen molar-refractivity contribution < 1.29 is 9.18 Å². The molecule has 1 saturated heterocycles. The van der Waals surface area contributed by atoms with Crippen molar-refractivity contribution in [3.8, 4) is 0 Å². The molecule has 2 rings (SSSR count). The van der Waals surface area contributed by atoms with Gasteiger partial charge in [-0.2, -0.15) is 0 Å². The zero-order chi connectivity index (χ0) is 13.8. The maximum absolute atomic E-state index is 13.7. The second-order valence-corrected chi connectivity index (χ2v) is 5.26. The monoisotopic (exact) mass is 320 g/mol. The largest absolute Gasteiger partial charge is 0.338 e. The fraction of sp³-hybridized carbons (Fsp3) is 0.500. The summed E-state index contributed by atoms with van der Waals surface area (Å²) in [5.74, 6) is -0.524. The van der Waals surface area contributed by atoms with Crippen molar-refractivity contribution in [3.63, 3.8) is 0 Å². The highest BCUT2D eigenvalue weighted by Crippen LogP contribution is 2.22. The van der Waals surface area contributed by atoms with E-state index in [-0.39, 0.29) is 36.3 Å². The van der Waals surface area contributed by atoms with Crippen LogP contribution in [-0.4, -0.2) is 29.9 Å². The van der Waals surface area contributed by atoms with Crippen LogP contribution in [-0.2, 0) is 11.2 Å². The lowest BCUT2D eigenvalue weighted by molar-refractivity contribution is -0.133. The third-order valence-electron chi connectivity index (χ3n) is 3.61. The van der Waals surface area contributed by atoms with Gasteiger partial charge in [0.25, 0.3) is 0 Å². The molecule has 1 aromatic carbocycles. The van der Waals surface area contributed by atoms with Crippen LogP contribution in [0.1, 0.15) is 24.8 Å². The van der Waals surface area contributed by atoms with Gasteiger partial charge in [0.15, 0.2) is 0 Å². The Labute approximate surface area is 129 Å². The molecule has 6 heteroatoms. The number of hydrogen-bond acceptors (Lipinski definition) is 2. The van der Waals surface area contributed by atoms with E-state index in [0.717, 1.165) is 19.3 Å². The van der Waals surface area contributed by atoms with Gasteiger partial charge in [0.2, 0.25) is 5.91 Å². The molecule has 1 atom stereocenters. The van der Waals surface area contributed by atoms with Gasteiger partial charge >= 0.3 is 0 Å². The van der Waals surface area contributed by atoms with Gasteiger partial charge in [0.05, 0.1) is 6.42 Å². The smallest absolute Gasteiger partial charge is 0.227 e. The maximum atomic E-state index is 13.7. The van der Waals surface area contributed by atoms with Crippen molar-refractivity contribution in [3.05, 3.63) is 34.6 Å². The van der Waals surface area contributed by atoms with E-state index in [2.05, 4.69) is 0 Å². The molecule has 0 aliphatic carbocycles. The van der Waals surface area contributed by atoms with E-state index < -0.39 is 5.82 Å². The van der Waals surface area contributed by atoms with E-state index in [1.165, 1.54) is 12.1 Å². The van der Waals surface area contributed by atoms with E-state index in [0.29, 0.717) is 18.1 Å². The molecular formula is C14H19Cl2FN2O. The molecule has 0 spiro atoms. The Morgan fingerprint density at radius 1 is 1.45 bits per heavy atom. The molecule has 2 N–H and O–H groups in total. The van der Waals surface area contributed by atoms with E-state index in [1.807, 2.05) is 0 Å². The van der Waals surface area contributed by atoms with Gasteiger partial charge < -0.3 is 10.6 Å². The van der Waals surface area contributed by atoms with Gasteiger partial charge in [0.1, 0.15) is 5.82 Å². The Hall–Kier alpha value is -0.840. The zero-order valence-electron chi connectivity index (χ0n) is 11.1. The summed E-state index contributed by atoms with van der Waals surface area (Å²) in [6.45, 7) is 1.16. The summed E-state index contributed by atoms with van der Waals surface area (Å²) in [6.07, 6.45) is 2.99. The summed E-state index contributed by atoms with van der Waals surface area (Å²) in [4.78, 5) is 14.1. The molecule has 1 unspecified atom stereocenters. The number of nitrogens with two attached hydrogens (primary N) is 1. The topological polar surface area (TPSA) is 46.3 Å². The van der Waals surface area contributed by atoms with E-state index in [4.69, 9.17) is 17.3 Å². The van der Waals surface area contributed by atoms with Crippen LogP contribution in [0.25, 0.3) is 0 Å². The van der Waals surface area contributed by atoms with E-state index in [1.54, 1.807) is 11.0 Å². The SMILES string of the molecule is Cl.NCC1CCCCN1C(=O)Cc1c(F)cccc1Cl. The van der Waals surface area contributed by atoms with Crippen LogP contribution in [0.2, 0.25) is 5.02 Å². The fourth-order valence-corrected chi connectivity index (χ4v) is 2.76. The quantitative estimate of drug-likeness (QED) is 0.930. The number of carbonyl (C=O) groups is 1. The molecule has 112 valence electrons. The number of benzene rings is 1. The number of likely N-dealkylation sites (tertiary alicyclic amines) is 1. The van der Waals surface area contributed by atoms with Crippen LogP contribution >= 0.6 is 24.0 Å². The standard InChI is InChI=1S/C14H18ClFN2O.ClH/c15-12-5-3-6-13(16)11(12)8-14(19)18-7-2-1-4-10(18)9-17;/h3,5-6,10H,1-2,4,7-9,17H2;1H. The summed E-state index contributed by atoms with van der Waals surface area (Å²) in [6, 6.07) is 4.54. The average molecular weight is 321 g/mol. The lowest BCUT2D eigenvalue weighted by Gasteiger charge is -2.35. The number of carbonyl (C=O) groups excluding carboxylic acids is 1. The number of piperidine rings is 1. The van der Waals surface area contributed by atoms with Gasteiger partial charge in [-0.25, -0.2) is 4.39 Å². The van der Waals surface area contributed by atoms with Crippen LogP contribution in [0, 0.1) is 5.82 Å². The highest BCUT2D eigenvalue weighted by atomic mass is 35.5. The molecule has 1 fully saturated rings. The Morgan fingerprint density at radius 3 is 2.85 bits per heavy atom. The van der Waals surface area contributed by atoms with Crippen molar-refractivity contribution in [2.75, 3.05) is 13.1 Å². The van der Waals surface area contributed by atoms with Gasteiger partial charge in [-0.3, -0.25) is 4.79 Å². The summed E-state index contributed by atoms with van der Waals surface area (Å²) in [5, 5.41) is 0.301. The molecule has 1 heterocycles. The van der Waals surface area contributed by atoms with Gasteiger partial charge in [0, 0.05) is 29.7 Å². The van der Waals surface area contributed by atoms with E-state index in [9.17, 15) is 9.18 Å². The van der Waals surface area contributed by atoms with Crippen LogP contribution < -0.4 is 5.73 Å². The summed E-state index contributed by atoms with van der Waals surface area (Å²) in [7, 11) is 0. The molecule has 1 aliphatic rings. The highest BCUT2D eigenvalue weighted by molar-refractivity contribution is 6.31. The van der Waals surface area contributed by atoms with Gasteiger partial charge in [-0.15, -0.1) is 12.4 Å². The van der Waals surface area contributed by atoms with Crippen LogP contribution in [0.15, 0.2) is 18.2 Å². The minimum atomic E-state index is -0.429. The molecule has 0 bridgehead atoms. The number of rotatable bonds is 3. The first-order valence-corrected chi connectivity index (χ1v) is 6.93. The first kappa shape index (κ1) is 17.2. The van der Waals surface area contributed by atoms with Crippen molar-refractivity contribution >= 4 is 29.9 Å².